The van der Waals surface area contributed by atoms with Crippen molar-refractivity contribution < 1.29 is 4.42 Å². The van der Waals surface area contributed by atoms with Crippen molar-refractivity contribution >= 4 is 161 Å². The van der Waals surface area contributed by atoms with Crippen molar-refractivity contribution in [3.05, 3.63) is 160 Å². The summed E-state index contributed by atoms with van der Waals surface area (Å²) < 4.78 is 6.46. The highest BCUT2D eigenvalue weighted by Gasteiger charge is 2.47. The van der Waals surface area contributed by atoms with Gasteiger partial charge in [-0.05, 0) is 104 Å². The Morgan fingerprint density at radius 3 is 1.88 bits per heavy atom. The molecule has 8 aromatic rings. The Hall–Kier alpha value is -6.43. The number of fused-ring (bicyclic) bond motifs is 9. The van der Waals surface area contributed by atoms with Crippen molar-refractivity contribution in [1.29, 1.82) is 0 Å². The van der Waals surface area contributed by atoms with Crippen molar-refractivity contribution in [3.8, 4) is 45.7 Å². The number of benzene rings is 7. The number of furan rings is 1. The third-order valence-electron chi connectivity index (χ3n) is 16.0. The van der Waals surface area contributed by atoms with Gasteiger partial charge in [0.1, 0.15) is 81.8 Å². The summed E-state index contributed by atoms with van der Waals surface area (Å²) in [4.78, 5) is 2.29. The molecular weight excluding hydrogens is 871 g/mol. The average molecular weight is 912 g/mol. The van der Waals surface area contributed by atoms with Crippen LogP contribution in [0.5, 0.6) is 0 Å². The van der Waals surface area contributed by atoms with Crippen LogP contribution in [0.3, 0.4) is 0 Å². The molecule has 3 aliphatic carbocycles. The summed E-state index contributed by atoms with van der Waals surface area (Å²) in [5, 5.41) is 2.13. The van der Waals surface area contributed by atoms with Crippen LogP contribution in [0.15, 0.2) is 131 Å². The molecule has 0 fully saturated rings. The normalized spacial score (nSPS) is 17.6. The largest absolute Gasteiger partial charge is 0.455 e. The topological polar surface area (TPSA) is 16.4 Å². The predicted octanol–water partition coefficient (Wildman–Crippen LogP) is 4.99. The number of hydrogen-bond donors (Lipinski definition) is 0. The molecule has 1 heterocycles. The van der Waals surface area contributed by atoms with Crippen LogP contribution < -0.4 is 48.6 Å². The van der Waals surface area contributed by atoms with Gasteiger partial charge in [-0.25, -0.2) is 0 Å². The van der Waals surface area contributed by atoms with Crippen molar-refractivity contribution in [3.63, 3.8) is 0 Å². The third-order valence-corrected chi connectivity index (χ3v) is 16.0. The molecule has 7 aromatic carbocycles. The Bertz CT molecular complexity index is 3840. The van der Waals surface area contributed by atoms with Crippen LogP contribution in [-0.4, -0.2) is 90.5 Å². The van der Waals surface area contributed by atoms with E-state index in [1.54, 1.807) is 6.07 Å². The van der Waals surface area contributed by atoms with Gasteiger partial charge >= 0.3 is 0 Å². The first-order valence-corrected chi connectivity index (χ1v) is 24.4. The first kappa shape index (κ1) is 48.8. The molecule has 20 radical (unpaired) electrons. The highest BCUT2D eigenvalue weighted by Crippen LogP contribution is 2.54. The molecule has 2 atom stereocenters. The maximum absolute atomic E-state index is 7.59. The van der Waals surface area contributed by atoms with Gasteiger partial charge in [-0.1, -0.05) is 169 Å². The van der Waals surface area contributed by atoms with Gasteiger partial charge in [0.2, 0.25) is 0 Å². The van der Waals surface area contributed by atoms with Gasteiger partial charge in [-0.15, -0.1) is 23.3 Å². The fourth-order valence-electron chi connectivity index (χ4n) is 12.5. The summed E-state index contributed by atoms with van der Waals surface area (Å²) in [5.74, 6) is 1.79. The number of nitrogens with zero attached hydrogens (tertiary/aromatic N) is 1. The first-order valence-electron chi connectivity index (χ1n) is 24.4. The lowest BCUT2D eigenvalue weighted by Crippen LogP contribution is -2.51. The van der Waals surface area contributed by atoms with Crippen LogP contribution in [0.2, 0.25) is 5.82 Å². The van der Waals surface area contributed by atoms with Crippen molar-refractivity contribution in [2.75, 3.05) is 11.4 Å². The Balaban J connectivity index is 1.10. The summed E-state index contributed by atoms with van der Waals surface area (Å²) >= 11 is 0. The molecule has 0 spiro atoms. The monoisotopic (exact) mass is 913 g/mol. The maximum Gasteiger partial charge on any atom is 0.143 e. The summed E-state index contributed by atoms with van der Waals surface area (Å²) in [6.07, 6.45) is 13.7. The number of anilines is 1. The smallest absolute Gasteiger partial charge is 0.143 e. The van der Waals surface area contributed by atoms with Crippen molar-refractivity contribution in [1.82, 2.24) is 0 Å². The lowest BCUT2D eigenvalue weighted by Gasteiger charge is -2.43. The molecule has 0 amide bonds. The van der Waals surface area contributed by atoms with Crippen LogP contribution in [0.4, 0.5) is 5.69 Å². The Labute approximate surface area is 443 Å². The van der Waals surface area contributed by atoms with E-state index in [0.29, 0.717) is 78.2 Å². The zero-order valence-electron chi connectivity index (χ0n) is 41.7. The number of hydrogen-bond acceptors (Lipinski definition) is 2. The molecule has 73 heavy (non-hydrogen) atoms. The van der Waals surface area contributed by atoms with Crippen molar-refractivity contribution in [2.45, 2.75) is 63.2 Å². The molecule has 3 aliphatic rings. The second kappa shape index (κ2) is 17.3. The Morgan fingerprint density at radius 1 is 0.630 bits per heavy atom. The van der Waals surface area contributed by atoms with Gasteiger partial charge in [-0.3, -0.25) is 0 Å². The van der Waals surface area contributed by atoms with E-state index in [4.69, 9.17) is 89.3 Å². The minimum Gasteiger partial charge on any atom is -0.455 e. The van der Waals surface area contributed by atoms with E-state index in [1.807, 2.05) is 50.2 Å². The van der Waals surface area contributed by atoms with E-state index in [0.717, 1.165) is 66.6 Å². The van der Waals surface area contributed by atoms with Gasteiger partial charge in [0, 0.05) is 45.2 Å². The number of terminal acetylenes is 1. The molecule has 1 aromatic heterocycles. The van der Waals surface area contributed by atoms with Crippen LogP contribution >= 0.6 is 0 Å². The summed E-state index contributed by atoms with van der Waals surface area (Å²) in [5.41, 5.74) is 14.2. The zero-order valence-corrected chi connectivity index (χ0v) is 41.7. The van der Waals surface area contributed by atoms with Crippen LogP contribution in [0.1, 0.15) is 74.4 Å². The highest BCUT2D eigenvalue weighted by molar-refractivity contribution is 6.65. The number of rotatable bonds is 8. The average Bonchev–Trinajstić information content (AvgIpc) is 3.98. The van der Waals surface area contributed by atoms with E-state index in [2.05, 4.69) is 110 Å². The lowest BCUT2D eigenvalue weighted by molar-refractivity contribution is 0.532. The molecular formula is C61H41B10NO. The van der Waals surface area contributed by atoms with Crippen molar-refractivity contribution in [2.24, 2.45) is 0 Å². The molecule has 0 saturated carbocycles. The maximum atomic E-state index is 7.59. The van der Waals surface area contributed by atoms with E-state index in [1.165, 1.54) is 0 Å². The molecule has 11 rings (SSSR count). The number of allylic oxidation sites excluding steroid dienone is 3. The summed E-state index contributed by atoms with van der Waals surface area (Å²) in [6.45, 7) is 10.6. The standard InChI is InChI=1S/C61H41B10NO/c1-7-37(62)42(43-38(63)28-39(64)48-44(43)45-49(59(48,2)3)53(67)46-47-51(60(4,5)50(46)52(45)66)55(69)57(71)56(70)54(47)68)40(65)29-72(61(6)26-24-31(25-27-61)30-14-9-8-10-15-30)33-22-20-32(21-23-33)34-17-13-18-36-35-16-11-12-19-41(35)73-58(34)36/h1,8-26,28,37H,27,29H2,2-6H3/b42-40-. The van der Waals surface area contributed by atoms with Gasteiger partial charge in [-0.2, -0.15) is 0 Å². The van der Waals surface area contributed by atoms with Gasteiger partial charge in [0.15, 0.2) is 0 Å². The van der Waals surface area contributed by atoms with Gasteiger partial charge in [0.25, 0.3) is 0 Å². The molecule has 0 saturated heterocycles. The van der Waals surface area contributed by atoms with Crippen LogP contribution in [0.25, 0.3) is 66.5 Å². The molecule has 12 heteroatoms. The first-order chi connectivity index (χ1) is 34.7. The quantitative estimate of drug-likeness (QED) is 0.158. The minimum atomic E-state index is -1.02. The number of para-hydroxylation sites is 2. The van der Waals surface area contributed by atoms with E-state index >= 15 is 0 Å². The van der Waals surface area contributed by atoms with E-state index < -0.39 is 22.2 Å². The van der Waals surface area contributed by atoms with E-state index in [9.17, 15) is 0 Å². The Kier molecular flexibility index (Phi) is 11.6. The van der Waals surface area contributed by atoms with Gasteiger partial charge in [0.05, 0.1) is 13.4 Å². The molecule has 2 nitrogen and oxygen atoms in total. The zero-order chi connectivity index (χ0) is 51.8. The molecule has 326 valence electrons. The fraction of sp³-hybridized carbons (Fsp3) is 0.180. The SMILES string of the molecule is [B]/C(CN(c1ccc(-c2cccc3c2oc2ccccc23)cc1)C1(C)C=CC(c2ccccc2)=CC1)=C(\c1c([B])cc([B])c2c1-c1c([B])c3c(c([B])c1C2(C)C)-c1c([B])c([B])c([B])c([B])c1C3(C)C)C([B])C#C. The highest BCUT2D eigenvalue weighted by atomic mass is 16.3. The fourth-order valence-corrected chi connectivity index (χ4v) is 12.5. The van der Waals surface area contributed by atoms with Crippen LogP contribution in [-0.2, 0) is 10.8 Å². The Morgan fingerprint density at radius 2 is 1.22 bits per heavy atom. The summed E-state index contributed by atoms with van der Waals surface area (Å²) in [6, 6.07) is 35.0. The molecule has 0 aliphatic heterocycles. The predicted molar refractivity (Wildman–Crippen MR) is 319 cm³/mol. The van der Waals surface area contributed by atoms with E-state index in [-0.39, 0.29) is 22.9 Å². The third kappa shape index (κ3) is 7.15. The minimum absolute atomic E-state index is 0.185. The lowest BCUT2D eigenvalue weighted by atomic mass is 9.61. The van der Waals surface area contributed by atoms with Crippen LogP contribution in [0, 0.1) is 12.3 Å². The second-order valence-corrected chi connectivity index (χ2v) is 21.1. The molecule has 2 unspecified atom stereocenters. The molecule has 0 N–H and O–H groups in total. The second-order valence-electron chi connectivity index (χ2n) is 21.1. The van der Waals surface area contributed by atoms with Gasteiger partial charge < -0.3 is 9.32 Å². The molecule has 0 bridgehead atoms. The summed E-state index contributed by atoms with van der Waals surface area (Å²) in [7, 11) is 70.7.